The fourth-order valence-corrected chi connectivity index (χ4v) is 7.19. The second-order valence-electron chi connectivity index (χ2n) is 11.1. The summed E-state index contributed by atoms with van der Waals surface area (Å²) < 4.78 is 0. The molecule has 2 saturated carbocycles. The van der Waals surface area contributed by atoms with Crippen LogP contribution in [0.2, 0.25) is 0 Å². The molecule has 31 heavy (non-hydrogen) atoms. The van der Waals surface area contributed by atoms with Gasteiger partial charge in [-0.1, -0.05) is 61.0 Å². The summed E-state index contributed by atoms with van der Waals surface area (Å²) in [5.41, 5.74) is 7.97. The van der Waals surface area contributed by atoms with Crippen LogP contribution in [0.3, 0.4) is 0 Å². The van der Waals surface area contributed by atoms with Crippen LogP contribution in [0.1, 0.15) is 99.1 Å². The molecule has 1 spiro atoms. The Morgan fingerprint density at radius 1 is 1.03 bits per heavy atom. The highest BCUT2D eigenvalue weighted by atomic mass is 14.9. The summed E-state index contributed by atoms with van der Waals surface area (Å²) in [6, 6.07) is 12.2. The zero-order valence-corrected chi connectivity index (χ0v) is 19.7. The normalized spacial score (nSPS) is 27.3. The average Bonchev–Trinajstić information content (AvgIpc) is 3.17. The van der Waals surface area contributed by atoms with Gasteiger partial charge >= 0.3 is 0 Å². The standard InChI is InChI=1S/C28H39BN2/c1-21-6-7-22-8-10-25(24(22)18-21)30-17-16-28(26-11-9-23(29)19-31-26)15-5-14-27(20-28)12-3-2-4-13-27/h6-7,9,11,18-19,25,30H,2-5,8,10,12-17,20,29H2,1H3. The summed E-state index contributed by atoms with van der Waals surface area (Å²) in [5.74, 6) is 0. The molecule has 1 heterocycles. The van der Waals surface area contributed by atoms with Gasteiger partial charge in [-0.05, 0) is 87.4 Å². The fraction of sp³-hybridized carbons (Fsp3) is 0.607. The van der Waals surface area contributed by atoms with Crippen molar-refractivity contribution in [2.75, 3.05) is 6.54 Å². The van der Waals surface area contributed by atoms with E-state index in [2.05, 4.69) is 56.6 Å². The summed E-state index contributed by atoms with van der Waals surface area (Å²) in [4.78, 5) is 5.02. The van der Waals surface area contributed by atoms with Gasteiger partial charge in [-0.25, -0.2) is 0 Å². The van der Waals surface area contributed by atoms with E-state index in [1.165, 1.54) is 93.8 Å². The van der Waals surface area contributed by atoms with E-state index in [1.54, 1.807) is 11.1 Å². The zero-order chi connectivity index (χ0) is 21.3. The van der Waals surface area contributed by atoms with Gasteiger partial charge in [0.1, 0.15) is 7.85 Å². The highest BCUT2D eigenvalue weighted by Gasteiger charge is 2.46. The van der Waals surface area contributed by atoms with E-state index in [9.17, 15) is 0 Å². The summed E-state index contributed by atoms with van der Waals surface area (Å²) in [6.45, 7) is 3.32. The minimum atomic E-state index is 0.254. The number of nitrogens with one attached hydrogen (secondary N) is 1. The van der Waals surface area contributed by atoms with Gasteiger partial charge in [0, 0.05) is 23.3 Å². The molecule has 164 valence electrons. The van der Waals surface area contributed by atoms with Crippen LogP contribution in [0.15, 0.2) is 36.5 Å². The summed E-state index contributed by atoms with van der Waals surface area (Å²) in [7, 11) is 2.16. The lowest BCUT2D eigenvalue weighted by molar-refractivity contribution is 0.0615. The van der Waals surface area contributed by atoms with Gasteiger partial charge in [-0.15, -0.1) is 0 Å². The van der Waals surface area contributed by atoms with E-state index >= 15 is 0 Å². The highest BCUT2D eigenvalue weighted by molar-refractivity contribution is 6.32. The lowest BCUT2D eigenvalue weighted by Crippen LogP contribution is -2.43. The van der Waals surface area contributed by atoms with E-state index in [1.807, 2.05) is 0 Å². The molecular formula is C28H39BN2. The Balaban J connectivity index is 1.35. The third kappa shape index (κ3) is 4.36. The SMILES string of the molecule is Bc1ccc(C2(CCNC3CCc4ccc(C)cc43)CCCC3(CCCCC3)C2)nc1. The first-order valence-corrected chi connectivity index (χ1v) is 12.8. The van der Waals surface area contributed by atoms with Gasteiger partial charge < -0.3 is 5.32 Å². The lowest BCUT2D eigenvalue weighted by Gasteiger charge is -2.50. The van der Waals surface area contributed by atoms with Crippen molar-refractivity contribution in [1.29, 1.82) is 0 Å². The van der Waals surface area contributed by atoms with Gasteiger partial charge in [0.05, 0.1) is 0 Å². The van der Waals surface area contributed by atoms with E-state index in [-0.39, 0.29) is 5.41 Å². The smallest absolute Gasteiger partial charge is 0.141 e. The van der Waals surface area contributed by atoms with Crippen molar-refractivity contribution < 1.29 is 0 Å². The molecule has 2 fully saturated rings. The molecule has 0 aliphatic heterocycles. The molecule has 0 bridgehead atoms. The largest absolute Gasteiger partial charge is 0.310 e. The lowest BCUT2D eigenvalue weighted by atomic mass is 9.55. The number of hydrogen-bond acceptors (Lipinski definition) is 2. The van der Waals surface area contributed by atoms with Crippen molar-refractivity contribution in [3.63, 3.8) is 0 Å². The Bertz CT molecular complexity index is 894. The molecule has 2 nitrogen and oxygen atoms in total. The monoisotopic (exact) mass is 414 g/mol. The highest BCUT2D eigenvalue weighted by Crippen LogP contribution is 2.55. The average molecular weight is 414 g/mol. The molecule has 2 aromatic rings. The number of rotatable bonds is 5. The third-order valence-corrected chi connectivity index (χ3v) is 8.82. The van der Waals surface area contributed by atoms with E-state index in [0.29, 0.717) is 11.5 Å². The van der Waals surface area contributed by atoms with E-state index < -0.39 is 0 Å². The number of nitrogens with zero attached hydrogens (tertiary/aromatic N) is 1. The topological polar surface area (TPSA) is 24.9 Å². The van der Waals surface area contributed by atoms with Crippen LogP contribution in [0.5, 0.6) is 0 Å². The predicted octanol–water partition coefficient (Wildman–Crippen LogP) is 5.08. The number of hydrogen-bond donors (Lipinski definition) is 1. The molecule has 0 amide bonds. The van der Waals surface area contributed by atoms with E-state index in [4.69, 9.17) is 4.98 Å². The molecule has 0 radical (unpaired) electrons. The van der Waals surface area contributed by atoms with Crippen LogP contribution < -0.4 is 10.8 Å². The molecule has 1 aromatic heterocycles. The Morgan fingerprint density at radius 3 is 2.68 bits per heavy atom. The Morgan fingerprint density at radius 2 is 1.87 bits per heavy atom. The first-order chi connectivity index (χ1) is 15.1. The van der Waals surface area contributed by atoms with Crippen LogP contribution in [0.25, 0.3) is 0 Å². The quantitative estimate of drug-likeness (QED) is 0.691. The summed E-state index contributed by atoms with van der Waals surface area (Å²) >= 11 is 0. The maximum Gasteiger partial charge on any atom is 0.141 e. The van der Waals surface area contributed by atoms with E-state index in [0.717, 1.165) is 6.54 Å². The first-order valence-electron chi connectivity index (χ1n) is 12.8. The second kappa shape index (κ2) is 8.73. The molecule has 1 N–H and O–H groups in total. The van der Waals surface area contributed by atoms with Crippen LogP contribution >= 0.6 is 0 Å². The Labute approximate surface area is 190 Å². The van der Waals surface area contributed by atoms with Crippen molar-refractivity contribution >= 4 is 13.3 Å². The molecule has 3 aliphatic rings. The minimum absolute atomic E-state index is 0.254. The number of benzene rings is 1. The second-order valence-corrected chi connectivity index (χ2v) is 11.1. The summed E-state index contributed by atoms with van der Waals surface area (Å²) in [5, 5.41) is 3.98. The fourth-order valence-electron chi connectivity index (χ4n) is 7.19. The predicted molar refractivity (Wildman–Crippen MR) is 133 cm³/mol. The number of pyridine rings is 1. The van der Waals surface area contributed by atoms with Crippen molar-refractivity contribution in [3.05, 3.63) is 58.9 Å². The summed E-state index contributed by atoms with van der Waals surface area (Å²) in [6.07, 6.45) is 18.5. The van der Waals surface area contributed by atoms with Gasteiger partial charge in [-0.3, -0.25) is 4.98 Å². The maximum atomic E-state index is 5.02. The molecule has 1 aromatic carbocycles. The van der Waals surface area contributed by atoms with Crippen molar-refractivity contribution in [2.45, 2.75) is 95.4 Å². The van der Waals surface area contributed by atoms with Crippen LogP contribution in [0, 0.1) is 12.3 Å². The molecule has 3 heteroatoms. The van der Waals surface area contributed by atoms with Gasteiger partial charge in [0.15, 0.2) is 0 Å². The molecular weight excluding hydrogens is 375 g/mol. The molecule has 2 atom stereocenters. The van der Waals surface area contributed by atoms with Crippen molar-refractivity contribution in [3.8, 4) is 0 Å². The van der Waals surface area contributed by atoms with Crippen molar-refractivity contribution in [1.82, 2.24) is 10.3 Å². The van der Waals surface area contributed by atoms with Gasteiger partial charge in [0.2, 0.25) is 0 Å². The molecule has 2 unspecified atom stereocenters. The number of aryl methyl sites for hydroxylation is 2. The maximum absolute atomic E-state index is 5.02. The molecule has 3 aliphatic carbocycles. The van der Waals surface area contributed by atoms with Crippen molar-refractivity contribution in [2.24, 2.45) is 5.41 Å². The van der Waals surface area contributed by atoms with Crippen LogP contribution in [-0.4, -0.2) is 19.4 Å². The first kappa shape index (κ1) is 21.3. The minimum Gasteiger partial charge on any atom is -0.310 e. The van der Waals surface area contributed by atoms with Gasteiger partial charge in [0.25, 0.3) is 0 Å². The number of fused-ring (bicyclic) bond motifs is 1. The van der Waals surface area contributed by atoms with Crippen LogP contribution in [0.4, 0.5) is 0 Å². The molecule has 5 rings (SSSR count). The Kier molecular flexibility index (Phi) is 5.99. The van der Waals surface area contributed by atoms with Gasteiger partial charge in [-0.2, -0.15) is 0 Å². The molecule has 0 saturated heterocycles. The number of aromatic nitrogens is 1. The zero-order valence-electron chi connectivity index (χ0n) is 19.7. The van der Waals surface area contributed by atoms with Crippen LogP contribution in [-0.2, 0) is 11.8 Å². The third-order valence-electron chi connectivity index (χ3n) is 8.82. The Hall–Kier alpha value is -1.61.